The van der Waals surface area contributed by atoms with Gasteiger partial charge in [-0.1, -0.05) is 33.8 Å². The predicted octanol–water partition coefficient (Wildman–Crippen LogP) is 3.97. The number of aromatic hydroxyl groups is 1. The number of hydrogen-bond acceptors (Lipinski definition) is 6. The fraction of sp³-hybridized carbons (Fsp3) is 0.476. The zero-order valence-electron chi connectivity index (χ0n) is 17.6. The first-order chi connectivity index (χ1) is 14.1. The summed E-state index contributed by atoms with van der Waals surface area (Å²) in [5, 5.41) is 13.8. The smallest absolute Gasteiger partial charge is 0.260 e. The van der Waals surface area contributed by atoms with Gasteiger partial charge in [0.2, 0.25) is 0 Å². The molecule has 0 aliphatic carbocycles. The molecule has 2 aromatic rings. The van der Waals surface area contributed by atoms with Gasteiger partial charge in [0.15, 0.2) is 0 Å². The van der Waals surface area contributed by atoms with E-state index in [0.29, 0.717) is 36.9 Å². The van der Waals surface area contributed by atoms with Crippen molar-refractivity contribution in [2.45, 2.75) is 43.7 Å². The van der Waals surface area contributed by atoms with Crippen LogP contribution in [0.5, 0.6) is 5.75 Å². The lowest BCUT2D eigenvalue weighted by Gasteiger charge is -2.25. The summed E-state index contributed by atoms with van der Waals surface area (Å²) in [6, 6.07) is 6.69. The number of nitrogens with one attached hydrogen (secondary N) is 1. The summed E-state index contributed by atoms with van der Waals surface area (Å²) in [5.74, 6) is -0.248. The summed E-state index contributed by atoms with van der Waals surface area (Å²) < 4.78 is 32.3. The molecule has 0 saturated carbocycles. The van der Waals surface area contributed by atoms with Gasteiger partial charge >= 0.3 is 0 Å². The number of benzene rings is 1. The molecule has 9 heteroatoms. The van der Waals surface area contributed by atoms with Crippen LogP contribution in [0.1, 0.15) is 61.0 Å². The largest absolute Gasteiger partial charge is 0.507 e. The number of amides is 1. The van der Waals surface area contributed by atoms with Gasteiger partial charge in [0.05, 0.1) is 23.8 Å². The molecule has 1 aromatic heterocycles. The minimum absolute atomic E-state index is 0.0374. The number of thiophene rings is 1. The molecular formula is C21H28N2O5S2. The van der Waals surface area contributed by atoms with Crippen LogP contribution in [-0.4, -0.2) is 50.0 Å². The normalized spacial score (nSPS) is 15.7. The quantitative estimate of drug-likeness (QED) is 0.691. The van der Waals surface area contributed by atoms with E-state index in [2.05, 4.69) is 5.32 Å². The van der Waals surface area contributed by atoms with Gasteiger partial charge in [-0.25, -0.2) is 8.42 Å². The molecule has 0 radical (unpaired) electrons. The van der Waals surface area contributed by atoms with Gasteiger partial charge in [-0.2, -0.15) is 4.31 Å². The van der Waals surface area contributed by atoms with Crippen molar-refractivity contribution in [3.63, 3.8) is 0 Å². The molecule has 1 aliphatic heterocycles. The number of hydrogen-bond donors (Lipinski definition) is 2. The molecular weight excluding hydrogens is 424 g/mol. The van der Waals surface area contributed by atoms with Crippen LogP contribution in [0.2, 0.25) is 0 Å². The zero-order valence-corrected chi connectivity index (χ0v) is 19.3. The molecule has 30 heavy (non-hydrogen) atoms. The first-order valence-electron chi connectivity index (χ1n) is 9.97. The lowest BCUT2D eigenvalue weighted by molar-refractivity contribution is 0.0731. The van der Waals surface area contributed by atoms with E-state index >= 15 is 0 Å². The monoisotopic (exact) mass is 452 g/mol. The minimum atomic E-state index is -3.61. The van der Waals surface area contributed by atoms with Crippen molar-refractivity contribution in [1.82, 2.24) is 4.31 Å². The van der Waals surface area contributed by atoms with Crippen LogP contribution < -0.4 is 5.32 Å². The van der Waals surface area contributed by atoms with Crippen molar-refractivity contribution in [3.05, 3.63) is 41.0 Å². The third-order valence-corrected chi connectivity index (χ3v) is 8.44. The Kier molecular flexibility index (Phi) is 6.86. The molecule has 2 N–H and O–H groups in total. The van der Waals surface area contributed by atoms with E-state index in [0.717, 1.165) is 16.9 Å². The second-order valence-electron chi connectivity index (χ2n) is 7.90. The number of carbonyl (C=O) groups excluding carboxylic acids is 1. The van der Waals surface area contributed by atoms with Crippen LogP contribution >= 0.6 is 11.3 Å². The van der Waals surface area contributed by atoms with Gasteiger partial charge in [0, 0.05) is 13.1 Å². The fourth-order valence-electron chi connectivity index (χ4n) is 3.25. The highest BCUT2D eigenvalue weighted by Crippen LogP contribution is 2.34. The predicted molar refractivity (Wildman–Crippen MR) is 118 cm³/mol. The van der Waals surface area contributed by atoms with Crippen molar-refractivity contribution in [3.8, 4) is 5.75 Å². The lowest BCUT2D eigenvalue weighted by Crippen LogP contribution is -2.40. The average Bonchev–Trinajstić information content (AvgIpc) is 3.17. The molecule has 0 spiro atoms. The maximum absolute atomic E-state index is 12.9. The number of phenolic OH excluding ortho intramolecular Hbond substituents is 1. The Hall–Kier alpha value is -1.94. The number of nitrogens with zero attached hydrogens (tertiary/aromatic N) is 1. The van der Waals surface area contributed by atoms with Crippen LogP contribution in [0.3, 0.4) is 0 Å². The number of sulfonamides is 1. The molecule has 1 fully saturated rings. The van der Waals surface area contributed by atoms with E-state index in [-0.39, 0.29) is 27.4 Å². The molecule has 0 bridgehead atoms. The maximum atomic E-state index is 12.9. The summed E-state index contributed by atoms with van der Waals surface area (Å²) >= 11 is 0.999. The molecule has 3 rings (SSSR count). The number of carbonyl (C=O) groups is 1. The topological polar surface area (TPSA) is 95.9 Å². The van der Waals surface area contributed by atoms with Gasteiger partial charge in [-0.3, -0.25) is 4.79 Å². The number of rotatable bonds is 6. The Labute approximate surface area is 181 Å². The highest BCUT2D eigenvalue weighted by Gasteiger charge is 2.28. The van der Waals surface area contributed by atoms with Crippen molar-refractivity contribution in [2.24, 2.45) is 0 Å². The van der Waals surface area contributed by atoms with Crippen LogP contribution in [0, 0.1) is 0 Å². The minimum Gasteiger partial charge on any atom is -0.507 e. The Morgan fingerprint density at radius 2 is 1.80 bits per heavy atom. The molecule has 7 nitrogen and oxygen atoms in total. The molecule has 1 aromatic carbocycles. The Bertz CT molecular complexity index is 1020. The van der Waals surface area contributed by atoms with Crippen LogP contribution in [-0.2, 0) is 14.8 Å². The number of morpholine rings is 1. The molecule has 0 unspecified atom stereocenters. The van der Waals surface area contributed by atoms with Crippen molar-refractivity contribution < 1.29 is 23.1 Å². The van der Waals surface area contributed by atoms with E-state index < -0.39 is 15.9 Å². The summed E-state index contributed by atoms with van der Waals surface area (Å²) in [5.41, 5.74) is 1.87. The zero-order chi connectivity index (χ0) is 22.1. The number of phenols is 1. The number of anilines is 1. The van der Waals surface area contributed by atoms with Crippen molar-refractivity contribution >= 4 is 32.3 Å². The maximum Gasteiger partial charge on any atom is 0.260 e. The van der Waals surface area contributed by atoms with Gasteiger partial charge < -0.3 is 15.2 Å². The van der Waals surface area contributed by atoms with E-state index in [1.54, 1.807) is 12.1 Å². The summed E-state index contributed by atoms with van der Waals surface area (Å²) in [6.07, 6.45) is 0. The van der Waals surface area contributed by atoms with Gasteiger partial charge in [0.1, 0.15) is 9.96 Å². The third-order valence-electron chi connectivity index (χ3n) is 5.08. The third kappa shape index (κ3) is 4.69. The molecule has 1 saturated heterocycles. The molecule has 2 heterocycles. The Balaban J connectivity index is 1.85. The Morgan fingerprint density at radius 3 is 2.40 bits per heavy atom. The van der Waals surface area contributed by atoms with Crippen LogP contribution in [0.15, 0.2) is 28.5 Å². The molecule has 0 atom stereocenters. The summed E-state index contributed by atoms with van der Waals surface area (Å²) in [4.78, 5) is 12.9. The summed E-state index contributed by atoms with van der Waals surface area (Å²) in [6.45, 7) is 9.35. The standard InChI is InChI=1S/C21H28N2O5S2/c1-13(2)15-11-16(14(3)4)20(24)17(12-15)21(25)22-18-5-6-19(29-18)30(26,27)23-7-9-28-10-8-23/h5-6,11-14,24H,7-10H2,1-4H3,(H,22,25). The van der Waals surface area contributed by atoms with E-state index in [4.69, 9.17) is 4.74 Å². The highest BCUT2D eigenvalue weighted by molar-refractivity contribution is 7.91. The lowest BCUT2D eigenvalue weighted by atomic mass is 9.91. The molecule has 1 amide bonds. The fourth-order valence-corrected chi connectivity index (χ4v) is 6.01. The van der Waals surface area contributed by atoms with Gasteiger partial charge in [-0.05, 0) is 41.2 Å². The number of ether oxygens (including phenoxy) is 1. The van der Waals surface area contributed by atoms with Crippen LogP contribution in [0.25, 0.3) is 0 Å². The molecule has 1 aliphatic rings. The second-order valence-corrected chi connectivity index (χ2v) is 11.2. The Morgan fingerprint density at radius 1 is 1.13 bits per heavy atom. The van der Waals surface area contributed by atoms with Gasteiger partial charge in [-0.15, -0.1) is 11.3 Å². The van der Waals surface area contributed by atoms with E-state index in [1.807, 2.05) is 33.8 Å². The van der Waals surface area contributed by atoms with Crippen molar-refractivity contribution in [2.75, 3.05) is 31.6 Å². The van der Waals surface area contributed by atoms with Crippen LogP contribution in [0.4, 0.5) is 5.00 Å². The highest BCUT2D eigenvalue weighted by atomic mass is 32.2. The SMILES string of the molecule is CC(C)c1cc(C(=O)Nc2ccc(S(=O)(=O)N3CCOCC3)s2)c(O)c(C(C)C)c1. The average molecular weight is 453 g/mol. The van der Waals surface area contributed by atoms with Gasteiger partial charge in [0.25, 0.3) is 15.9 Å². The van der Waals surface area contributed by atoms with E-state index in [1.165, 1.54) is 10.4 Å². The first kappa shape index (κ1) is 22.7. The van der Waals surface area contributed by atoms with E-state index in [9.17, 15) is 18.3 Å². The van der Waals surface area contributed by atoms with Crippen molar-refractivity contribution in [1.29, 1.82) is 0 Å². The first-order valence-corrected chi connectivity index (χ1v) is 12.2. The summed E-state index contributed by atoms with van der Waals surface area (Å²) in [7, 11) is -3.61. The molecule has 164 valence electrons. The second kappa shape index (κ2) is 9.05.